The van der Waals surface area contributed by atoms with Gasteiger partial charge in [0, 0.05) is 50.8 Å². The Labute approximate surface area is 167 Å². The number of carbonyl (C=O) groups is 2. The van der Waals surface area contributed by atoms with Crippen LogP contribution < -0.4 is 16.0 Å². The fourth-order valence-corrected chi connectivity index (χ4v) is 3.09. The number of alkyl carbamates (subject to hydrolysis) is 1. The van der Waals surface area contributed by atoms with Crippen molar-refractivity contribution >= 4 is 17.7 Å². The minimum Gasteiger partial charge on any atom is -0.444 e. The molecule has 0 spiro atoms. The predicted octanol–water partition coefficient (Wildman–Crippen LogP) is 1.75. The van der Waals surface area contributed by atoms with Crippen LogP contribution in [0.1, 0.15) is 40.0 Å². The van der Waals surface area contributed by atoms with Gasteiger partial charge >= 0.3 is 6.09 Å². The summed E-state index contributed by atoms with van der Waals surface area (Å²) in [5, 5.41) is 2.72. The normalized spacial score (nSPS) is 15.9. The average Bonchev–Trinajstić information content (AvgIpc) is 2.66. The van der Waals surface area contributed by atoms with Crippen molar-refractivity contribution in [2.24, 2.45) is 5.73 Å². The van der Waals surface area contributed by atoms with Gasteiger partial charge in [-0.05, 0) is 52.2 Å². The van der Waals surface area contributed by atoms with Crippen LogP contribution >= 0.6 is 0 Å². The molecule has 1 unspecified atom stereocenters. The molecule has 0 aliphatic carbocycles. The summed E-state index contributed by atoms with van der Waals surface area (Å²) in [6.07, 6.45) is 5.29. The van der Waals surface area contributed by atoms with Gasteiger partial charge in [0.1, 0.15) is 5.60 Å². The second kappa shape index (κ2) is 10.3. The molecule has 1 aliphatic heterocycles. The van der Waals surface area contributed by atoms with Crippen LogP contribution in [0.15, 0.2) is 24.5 Å². The number of anilines is 1. The topological polar surface area (TPSA) is 101 Å². The first kappa shape index (κ1) is 21.9. The second-order valence-electron chi connectivity index (χ2n) is 8.05. The summed E-state index contributed by atoms with van der Waals surface area (Å²) in [5.41, 5.74) is 6.72. The second-order valence-corrected chi connectivity index (χ2v) is 8.05. The Bertz CT molecular complexity index is 624. The molecule has 2 rings (SSSR count). The zero-order valence-corrected chi connectivity index (χ0v) is 17.2. The highest BCUT2D eigenvalue weighted by Crippen LogP contribution is 2.15. The van der Waals surface area contributed by atoms with Crippen LogP contribution in [0.4, 0.5) is 10.5 Å². The number of amides is 2. The number of nitrogens with two attached hydrogens (primary N) is 1. The Morgan fingerprint density at radius 3 is 2.43 bits per heavy atom. The lowest BCUT2D eigenvalue weighted by Gasteiger charge is -2.37. The Hall–Kier alpha value is -2.35. The van der Waals surface area contributed by atoms with Gasteiger partial charge in [0.25, 0.3) is 0 Å². The first-order valence-electron chi connectivity index (χ1n) is 9.92. The average molecular weight is 392 g/mol. The van der Waals surface area contributed by atoms with E-state index in [4.69, 9.17) is 10.5 Å². The number of aromatic nitrogens is 1. The van der Waals surface area contributed by atoms with Gasteiger partial charge in [-0.1, -0.05) is 0 Å². The van der Waals surface area contributed by atoms with Crippen molar-refractivity contribution in [3.63, 3.8) is 0 Å². The number of carbonyl (C=O) groups excluding carboxylic acids is 2. The largest absolute Gasteiger partial charge is 0.444 e. The Morgan fingerprint density at radius 1 is 1.18 bits per heavy atom. The van der Waals surface area contributed by atoms with E-state index in [2.05, 4.69) is 15.2 Å². The summed E-state index contributed by atoms with van der Waals surface area (Å²) in [6, 6.07) is 3.47. The van der Waals surface area contributed by atoms with Crippen LogP contribution in [-0.2, 0) is 9.53 Å². The molecule has 2 heterocycles. The lowest BCUT2D eigenvalue weighted by atomic mass is 10.1. The number of nitrogens with zero attached hydrogens (tertiary/aromatic N) is 3. The lowest BCUT2D eigenvalue weighted by Crippen LogP contribution is -2.53. The minimum atomic E-state index is -0.500. The van der Waals surface area contributed by atoms with Crippen molar-refractivity contribution in [1.82, 2.24) is 15.2 Å². The van der Waals surface area contributed by atoms with Crippen LogP contribution in [-0.4, -0.2) is 66.3 Å². The molecular weight excluding hydrogens is 358 g/mol. The molecule has 1 aliphatic rings. The summed E-state index contributed by atoms with van der Waals surface area (Å²) in [7, 11) is 0. The molecule has 1 aromatic rings. The van der Waals surface area contributed by atoms with Gasteiger partial charge in [-0.2, -0.15) is 0 Å². The zero-order valence-electron chi connectivity index (χ0n) is 17.2. The molecule has 1 saturated heterocycles. The number of hydrogen-bond acceptors (Lipinski definition) is 6. The van der Waals surface area contributed by atoms with Gasteiger partial charge in [-0.3, -0.25) is 9.78 Å². The fourth-order valence-electron chi connectivity index (χ4n) is 3.09. The van der Waals surface area contributed by atoms with Crippen molar-refractivity contribution < 1.29 is 14.3 Å². The summed E-state index contributed by atoms with van der Waals surface area (Å²) >= 11 is 0. The van der Waals surface area contributed by atoms with Crippen LogP contribution in [0.3, 0.4) is 0 Å². The number of rotatable bonds is 7. The van der Waals surface area contributed by atoms with Crippen LogP contribution in [0.2, 0.25) is 0 Å². The first-order chi connectivity index (χ1) is 13.3. The van der Waals surface area contributed by atoms with Gasteiger partial charge in [0.2, 0.25) is 5.91 Å². The number of unbranched alkanes of at least 4 members (excludes halogenated alkanes) is 1. The van der Waals surface area contributed by atoms with E-state index in [0.29, 0.717) is 26.1 Å². The van der Waals surface area contributed by atoms with E-state index in [1.165, 1.54) is 0 Å². The van der Waals surface area contributed by atoms with Crippen LogP contribution in [0.25, 0.3) is 0 Å². The smallest absolute Gasteiger partial charge is 0.407 e. The van der Waals surface area contributed by atoms with E-state index in [1.54, 1.807) is 12.4 Å². The highest BCUT2D eigenvalue weighted by molar-refractivity contribution is 5.81. The third kappa shape index (κ3) is 7.34. The van der Waals surface area contributed by atoms with Crippen LogP contribution in [0, 0.1) is 0 Å². The molecule has 8 heteroatoms. The van der Waals surface area contributed by atoms with Crippen molar-refractivity contribution in [2.45, 2.75) is 51.7 Å². The third-order valence-electron chi connectivity index (χ3n) is 4.55. The molecule has 3 N–H and O–H groups in total. The van der Waals surface area contributed by atoms with E-state index in [1.807, 2.05) is 37.8 Å². The molecule has 1 atom stereocenters. The number of pyridine rings is 1. The summed E-state index contributed by atoms with van der Waals surface area (Å²) in [4.78, 5) is 32.3. The molecule has 8 nitrogen and oxygen atoms in total. The van der Waals surface area contributed by atoms with E-state index in [-0.39, 0.29) is 5.91 Å². The Morgan fingerprint density at radius 2 is 1.82 bits per heavy atom. The third-order valence-corrected chi connectivity index (χ3v) is 4.55. The highest BCUT2D eigenvalue weighted by Gasteiger charge is 2.25. The van der Waals surface area contributed by atoms with Gasteiger partial charge in [0.05, 0.1) is 6.04 Å². The molecule has 0 aromatic carbocycles. The van der Waals surface area contributed by atoms with Gasteiger partial charge in [-0.15, -0.1) is 0 Å². The standard InChI is InChI=1S/C20H33N5O3/c1-20(2,3)28-19(27)23-9-5-4-6-17(21)18(26)25-14-12-24(13-15-25)16-7-10-22-11-8-16/h7-8,10-11,17H,4-6,9,12-15,21H2,1-3H3,(H,23,27). The Balaban J connectivity index is 1.62. The van der Waals surface area contributed by atoms with Crippen molar-refractivity contribution in [3.8, 4) is 0 Å². The fraction of sp³-hybridized carbons (Fsp3) is 0.650. The predicted molar refractivity (Wildman–Crippen MR) is 109 cm³/mol. The molecule has 0 bridgehead atoms. The van der Waals surface area contributed by atoms with E-state index >= 15 is 0 Å². The molecule has 0 radical (unpaired) electrons. The first-order valence-corrected chi connectivity index (χ1v) is 9.92. The van der Waals surface area contributed by atoms with Gasteiger partial charge < -0.3 is 25.6 Å². The molecular formula is C20H33N5O3. The van der Waals surface area contributed by atoms with E-state index in [0.717, 1.165) is 31.6 Å². The maximum Gasteiger partial charge on any atom is 0.407 e. The van der Waals surface area contributed by atoms with Crippen molar-refractivity contribution in [1.29, 1.82) is 0 Å². The van der Waals surface area contributed by atoms with E-state index in [9.17, 15) is 9.59 Å². The highest BCUT2D eigenvalue weighted by atomic mass is 16.6. The number of hydrogen-bond donors (Lipinski definition) is 2. The molecule has 28 heavy (non-hydrogen) atoms. The SMILES string of the molecule is CC(C)(C)OC(=O)NCCCCC(N)C(=O)N1CCN(c2ccncc2)CC1. The minimum absolute atomic E-state index is 0.00878. The number of ether oxygens (including phenoxy) is 1. The maximum absolute atomic E-state index is 12.6. The monoisotopic (exact) mass is 391 g/mol. The van der Waals surface area contributed by atoms with Crippen molar-refractivity contribution in [2.75, 3.05) is 37.6 Å². The molecule has 0 saturated carbocycles. The lowest BCUT2D eigenvalue weighted by molar-refractivity contribution is -0.133. The summed E-state index contributed by atoms with van der Waals surface area (Å²) in [5.74, 6) is 0.00878. The zero-order chi connectivity index (χ0) is 20.6. The molecule has 2 amide bonds. The number of piperazine rings is 1. The van der Waals surface area contributed by atoms with Gasteiger partial charge in [0.15, 0.2) is 0 Å². The van der Waals surface area contributed by atoms with Gasteiger partial charge in [-0.25, -0.2) is 4.79 Å². The quantitative estimate of drug-likeness (QED) is 0.687. The molecule has 156 valence electrons. The summed E-state index contributed by atoms with van der Waals surface area (Å²) < 4.78 is 5.18. The van der Waals surface area contributed by atoms with Crippen molar-refractivity contribution in [3.05, 3.63) is 24.5 Å². The van der Waals surface area contributed by atoms with E-state index < -0.39 is 17.7 Å². The van der Waals surface area contributed by atoms with Crippen LogP contribution in [0.5, 0.6) is 0 Å². The molecule has 1 fully saturated rings. The summed E-state index contributed by atoms with van der Waals surface area (Å²) in [6.45, 7) is 8.94. The number of nitrogens with one attached hydrogen (secondary N) is 1. The molecule has 1 aromatic heterocycles. The Kier molecular flexibility index (Phi) is 8.04. The maximum atomic E-state index is 12.6.